The van der Waals surface area contributed by atoms with E-state index in [2.05, 4.69) is 116 Å². The topological polar surface area (TPSA) is 43.7 Å². The van der Waals surface area contributed by atoms with Crippen LogP contribution in [0, 0.1) is 0 Å². The lowest BCUT2D eigenvalue weighted by Gasteiger charge is -2.34. The molecule has 1 unspecified atom stereocenters. The maximum absolute atomic E-state index is 9.65. The summed E-state index contributed by atoms with van der Waals surface area (Å²) in [6, 6.07) is 34.7. The fourth-order valence-electron chi connectivity index (χ4n) is 5.83. The summed E-state index contributed by atoms with van der Waals surface area (Å²) in [5, 5.41) is 19.3. The van der Waals surface area contributed by atoms with E-state index in [1.165, 1.54) is 33.4 Å². The molecule has 4 heteroatoms. The van der Waals surface area contributed by atoms with Crippen molar-refractivity contribution in [1.29, 1.82) is 0 Å². The van der Waals surface area contributed by atoms with Crippen LogP contribution in [0.15, 0.2) is 121 Å². The first-order valence-corrected chi connectivity index (χ1v) is 12.9. The molecule has 182 valence electrons. The molecule has 37 heavy (non-hydrogen) atoms. The van der Waals surface area contributed by atoms with E-state index in [9.17, 15) is 10.0 Å². The minimum Gasteiger partial charge on any atom is -0.423 e. The van der Waals surface area contributed by atoms with Crippen molar-refractivity contribution in [3.63, 3.8) is 0 Å². The summed E-state index contributed by atoms with van der Waals surface area (Å²) >= 11 is 0. The Labute approximate surface area is 219 Å². The highest BCUT2D eigenvalue weighted by Crippen LogP contribution is 2.50. The van der Waals surface area contributed by atoms with Crippen LogP contribution in [0.2, 0.25) is 0 Å². The molecular formula is C33H30BNO2. The third kappa shape index (κ3) is 4.13. The van der Waals surface area contributed by atoms with Gasteiger partial charge in [-0.25, -0.2) is 0 Å². The van der Waals surface area contributed by atoms with E-state index in [-0.39, 0.29) is 11.5 Å². The van der Waals surface area contributed by atoms with Crippen LogP contribution in [-0.2, 0) is 5.41 Å². The molecule has 1 atom stereocenters. The first-order chi connectivity index (χ1) is 17.9. The van der Waals surface area contributed by atoms with Crippen molar-refractivity contribution in [2.24, 2.45) is 0 Å². The summed E-state index contributed by atoms with van der Waals surface area (Å²) in [6.45, 7) is 4.61. The SMILES string of the molecule is CC1(C)c2ccccc2-c2ccc(N(c3ccc(-c4ccccc4)cc3)C3C=CC(B(O)O)=CC3)cc21. The number of hydrogen-bond donors (Lipinski definition) is 2. The zero-order chi connectivity index (χ0) is 25.6. The highest BCUT2D eigenvalue weighted by molar-refractivity contribution is 6.51. The Morgan fingerprint density at radius 2 is 1.38 bits per heavy atom. The molecule has 6 rings (SSSR count). The summed E-state index contributed by atoms with van der Waals surface area (Å²) in [6.07, 6.45) is 6.52. The molecule has 0 radical (unpaired) electrons. The molecule has 0 spiro atoms. The average molecular weight is 483 g/mol. The molecule has 0 amide bonds. The summed E-state index contributed by atoms with van der Waals surface area (Å²) in [7, 11) is -1.45. The third-order valence-corrected chi connectivity index (χ3v) is 7.83. The summed E-state index contributed by atoms with van der Waals surface area (Å²) in [4.78, 5) is 2.36. The predicted molar refractivity (Wildman–Crippen MR) is 154 cm³/mol. The quantitative estimate of drug-likeness (QED) is 0.299. The number of fused-ring (bicyclic) bond motifs is 3. The van der Waals surface area contributed by atoms with Crippen LogP contribution < -0.4 is 4.90 Å². The van der Waals surface area contributed by atoms with Gasteiger partial charge in [-0.15, -0.1) is 0 Å². The third-order valence-electron chi connectivity index (χ3n) is 7.83. The maximum atomic E-state index is 9.65. The van der Waals surface area contributed by atoms with Crippen molar-refractivity contribution < 1.29 is 10.0 Å². The van der Waals surface area contributed by atoms with Gasteiger partial charge in [-0.05, 0) is 69.5 Å². The van der Waals surface area contributed by atoms with Crippen molar-refractivity contribution in [3.05, 3.63) is 132 Å². The normalized spacial score (nSPS) is 17.1. The molecule has 4 aromatic rings. The molecular weight excluding hydrogens is 453 g/mol. The van der Waals surface area contributed by atoms with Crippen LogP contribution >= 0.6 is 0 Å². The number of nitrogens with zero attached hydrogens (tertiary/aromatic N) is 1. The van der Waals surface area contributed by atoms with Crippen LogP contribution in [0.25, 0.3) is 22.3 Å². The van der Waals surface area contributed by atoms with E-state index in [1.54, 1.807) is 0 Å². The fraction of sp³-hybridized carbons (Fsp3) is 0.152. The second kappa shape index (κ2) is 9.22. The van der Waals surface area contributed by atoms with Gasteiger partial charge in [0.2, 0.25) is 0 Å². The number of allylic oxidation sites excluding steroid dienone is 2. The second-order valence-electron chi connectivity index (χ2n) is 10.4. The van der Waals surface area contributed by atoms with Crippen LogP contribution in [0.1, 0.15) is 31.4 Å². The van der Waals surface area contributed by atoms with Crippen LogP contribution in [-0.4, -0.2) is 23.2 Å². The molecule has 2 aliphatic carbocycles. The van der Waals surface area contributed by atoms with Gasteiger partial charge in [0.1, 0.15) is 0 Å². The lowest BCUT2D eigenvalue weighted by molar-refractivity contribution is 0.420. The van der Waals surface area contributed by atoms with Crippen molar-refractivity contribution in [2.75, 3.05) is 4.90 Å². The summed E-state index contributed by atoms with van der Waals surface area (Å²) < 4.78 is 0. The summed E-state index contributed by atoms with van der Waals surface area (Å²) in [5.74, 6) is 0. The lowest BCUT2D eigenvalue weighted by Crippen LogP contribution is -2.31. The molecule has 0 saturated carbocycles. The Bertz CT molecular complexity index is 1500. The first kappa shape index (κ1) is 23.5. The lowest BCUT2D eigenvalue weighted by atomic mass is 9.76. The number of anilines is 2. The maximum Gasteiger partial charge on any atom is 0.488 e. The molecule has 0 heterocycles. The smallest absolute Gasteiger partial charge is 0.423 e. The van der Waals surface area contributed by atoms with Crippen molar-refractivity contribution in [2.45, 2.75) is 31.7 Å². The van der Waals surface area contributed by atoms with Gasteiger partial charge in [0.25, 0.3) is 0 Å². The zero-order valence-electron chi connectivity index (χ0n) is 21.2. The van der Waals surface area contributed by atoms with Gasteiger partial charge in [-0.3, -0.25) is 0 Å². The Morgan fingerprint density at radius 3 is 2.08 bits per heavy atom. The average Bonchev–Trinajstić information content (AvgIpc) is 3.16. The zero-order valence-corrected chi connectivity index (χ0v) is 21.2. The Balaban J connectivity index is 1.43. The van der Waals surface area contributed by atoms with E-state index in [4.69, 9.17) is 0 Å². The Morgan fingerprint density at radius 1 is 0.730 bits per heavy atom. The van der Waals surface area contributed by atoms with Gasteiger partial charge >= 0.3 is 7.12 Å². The van der Waals surface area contributed by atoms with Gasteiger partial charge in [0.15, 0.2) is 0 Å². The molecule has 4 aromatic carbocycles. The van der Waals surface area contributed by atoms with Crippen LogP contribution in [0.3, 0.4) is 0 Å². The molecule has 2 aliphatic rings. The molecule has 0 bridgehead atoms. The minimum absolute atomic E-state index is 0.0509. The predicted octanol–water partition coefficient (Wildman–Crippen LogP) is 7.06. The second-order valence-corrected chi connectivity index (χ2v) is 10.4. The van der Waals surface area contributed by atoms with E-state index < -0.39 is 7.12 Å². The van der Waals surface area contributed by atoms with Gasteiger partial charge in [0, 0.05) is 16.8 Å². The molecule has 2 N–H and O–H groups in total. The van der Waals surface area contributed by atoms with Crippen LogP contribution in [0.5, 0.6) is 0 Å². The highest BCUT2D eigenvalue weighted by atomic mass is 16.4. The van der Waals surface area contributed by atoms with Crippen molar-refractivity contribution in [1.82, 2.24) is 0 Å². The Kier molecular flexibility index (Phi) is 5.87. The standard InChI is InChI=1S/C33H30BNO2/c1-33(2)31-11-7-6-10-29(31)30-21-20-28(22-32(30)33)35(27-18-14-25(15-19-27)34(36)37)26-16-12-24(13-17-26)23-8-4-3-5-9-23/h3-18,20-22,27,36-37H,19H2,1-2H3. The molecule has 0 saturated heterocycles. The van der Waals surface area contributed by atoms with E-state index in [0.717, 1.165) is 11.4 Å². The van der Waals surface area contributed by atoms with Gasteiger partial charge in [0.05, 0.1) is 6.04 Å². The van der Waals surface area contributed by atoms with Crippen LogP contribution in [0.4, 0.5) is 11.4 Å². The van der Waals surface area contributed by atoms with Gasteiger partial charge in [-0.1, -0.05) is 105 Å². The number of benzene rings is 4. The van der Waals surface area contributed by atoms with E-state index in [0.29, 0.717) is 11.9 Å². The van der Waals surface area contributed by atoms with Gasteiger partial charge < -0.3 is 14.9 Å². The fourth-order valence-corrected chi connectivity index (χ4v) is 5.83. The van der Waals surface area contributed by atoms with E-state index >= 15 is 0 Å². The number of hydrogen-bond acceptors (Lipinski definition) is 3. The first-order valence-electron chi connectivity index (χ1n) is 12.9. The Hall–Kier alpha value is -3.86. The minimum atomic E-state index is -1.45. The summed E-state index contributed by atoms with van der Waals surface area (Å²) in [5.41, 5.74) is 10.4. The van der Waals surface area contributed by atoms with Crippen molar-refractivity contribution >= 4 is 18.5 Å². The van der Waals surface area contributed by atoms with E-state index in [1.807, 2.05) is 18.2 Å². The molecule has 0 aliphatic heterocycles. The molecule has 0 fully saturated rings. The highest BCUT2D eigenvalue weighted by Gasteiger charge is 2.36. The van der Waals surface area contributed by atoms with Crippen molar-refractivity contribution in [3.8, 4) is 22.3 Å². The molecule has 3 nitrogen and oxygen atoms in total. The largest absolute Gasteiger partial charge is 0.488 e. The van der Waals surface area contributed by atoms with Gasteiger partial charge in [-0.2, -0.15) is 0 Å². The number of rotatable bonds is 5. The monoisotopic (exact) mass is 483 g/mol. The molecule has 0 aromatic heterocycles.